The fourth-order valence-corrected chi connectivity index (χ4v) is 11.3. The maximum atomic E-state index is 12.8. The topological polar surface area (TPSA) is 110 Å². The smallest absolute Gasteiger partial charge is 0.349 e. The molecule has 1 N–H and O–H groups in total. The van der Waals surface area contributed by atoms with Gasteiger partial charge in [0, 0.05) is 22.3 Å². The van der Waals surface area contributed by atoms with Gasteiger partial charge in [0.25, 0.3) is 5.56 Å². The van der Waals surface area contributed by atoms with Gasteiger partial charge in [-0.3, -0.25) is 14.3 Å². The molecule has 0 aromatic carbocycles. The van der Waals surface area contributed by atoms with Crippen molar-refractivity contribution in [3.05, 3.63) is 33.1 Å². The van der Waals surface area contributed by atoms with Crippen LogP contribution in [-0.4, -0.2) is 54.2 Å². The van der Waals surface area contributed by atoms with Crippen LogP contribution in [0.3, 0.4) is 0 Å². The molecule has 1 aromatic rings. The summed E-state index contributed by atoms with van der Waals surface area (Å²) in [6, 6.07) is 1.28. The Morgan fingerprint density at radius 2 is 1.49 bits per heavy atom. The molecule has 212 valence electrons. The van der Waals surface area contributed by atoms with Crippen LogP contribution in [0.25, 0.3) is 0 Å². The summed E-state index contributed by atoms with van der Waals surface area (Å²) in [5.41, 5.74) is -2.19. The van der Waals surface area contributed by atoms with Gasteiger partial charge in [0.1, 0.15) is 18.3 Å². The number of hydrogen-bond donors (Lipinski definition) is 1. The molecule has 12 heteroatoms. The second kappa shape index (κ2) is 10.2. The molecule has 10 nitrogen and oxygen atoms in total. The third kappa shape index (κ3) is 6.81. The summed E-state index contributed by atoms with van der Waals surface area (Å²) < 4.78 is 40.3. The summed E-state index contributed by atoms with van der Waals surface area (Å²) in [6.07, 6.45) is -1.26. The van der Waals surface area contributed by atoms with Crippen LogP contribution in [0.1, 0.15) is 89.3 Å². The lowest BCUT2D eigenvalue weighted by atomic mass is 10.1. The standard InChI is InChI=1S/C25H45N2O8PSi/c1-22(2,3)34-36(35-23(4,5)6)32-19-18-16(31-20(19)27-14-13-17(28)26-21(27)29)15-30-37(33-18,24(7,8)9)25(10,11)12/h13-14,16,18-20H,15H2,1-12H3,(H,26,28,29)/t16-,18-,19-,20-/m1/s1. The number of hydrogen-bond acceptors (Lipinski definition) is 8. The Balaban J connectivity index is 2.09. The number of fused-ring (bicyclic) bond motifs is 1. The first-order valence-corrected chi connectivity index (χ1v) is 15.7. The van der Waals surface area contributed by atoms with Gasteiger partial charge in [0.15, 0.2) is 6.23 Å². The highest BCUT2D eigenvalue weighted by atomic mass is 31.2. The molecule has 2 aliphatic rings. The molecular weight excluding hydrogens is 515 g/mol. The number of aromatic nitrogens is 2. The normalized spacial score (nSPS) is 26.9. The van der Waals surface area contributed by atoms with Gasteiger partial charge in [-0.2, -0.15) is 0 Å². The Morgan fingerprint density at radius 3 is 1.95 bits per heavy atom. The van der Waals surface area contributed by atoms with E-state index in [4.69, 9.17) is 27.2 Å². The monoisotopic (exact) mass is 560 g/mol. The largest absolute Gasteiger partial charge is 0.391 e. The van der Waals surface area contributed by atoms with E-state index in [1.165, 1.54) is 16.8 Å². The SMILES string of the molecule is CC(C)(C)OP(O[C@@H]1[C@@H]2O[Si](C(C)(C)C)(C(C)(C)C)OC[C@H]2O[C@H]1n1ccc(=O)[nH]c1=O)OC(C)(C)C. The predicted octanol–water partition coefficient (Wildman–Crippen LogP) is 5.13. The molecule has 2 fully saturated rings. The van der Waals surface area contributed by atoms with E-state index in [2.05, 4.69) is 46.5 Å². The summed E-state index contributed by atoms with van der Waals surface area (Å²) in [5, 5.41) is -0.523. The van der Waals surface area contributed by atoms with E-state index in [1.54, 1.807) is 0 Å². The van der Waals surface area contributed by atoms with Gasteiger partial charge in [0.2, 0.25) is 0 Å². The van der Waals surface area contributed by atoms with E-state index in [0.717, 1.165) is 0 Å². The molecule has 0 aliphatic carbocycles. The lowest BCUT2D eigenvalue weighted by Crippen LogP contribution is -2.65. The maximum absolute atomic E-state index is 12.8. The lowest BCUT2D eigenvalue weighted by Gasteiger charge is -2.53. The van der Waals surface area contributed by atoms with E-state index in [-0.39, 0.29) is 10.1 Å². The summed E-state index contributed by atoms with van der Waals surface area (Å²) in [7, 11) is -4.76. The highest BCUT2D eigenvalue weighted by Crippen LogP contribution is 2.58. The molecule has 4 atom stereocenters. The molecule has 2 saturated heterocycles. The van der Waals surface area contributed by atoms with Gasteiger partial charge < -0.3 is 27.2 Å². The minimum Gasteiger partial charge on any atom is -0.391 e. The molecule has 0 saturated carbocycles. The Hall–Kier alpha value is -0.913. The van der Waals surface area contributed by atoms with E-state index >= 15 is 0 Å². The van der Waals surface area contributed by atoms with Gasteiger partial charge in [0.05, 0.1) is 17.8 Å². The van der Waals surface area contributed by atoms with Gasteiger partial charge in [-0.05, 0) is 41.5 Å². The zero-order chi connectivity index (χ0) is 28.2. The van der Waals surface area contributed by atoms with E-state index in [0.29, 0.717) is 6.61 Å². The van der Waals surface area contributed by atoms with Gasteiger partial charge in [-0.25, -0.2) is 4.79 Å². The number of ether oxygens (including phenoxy) is 1. The maximum Gasteiger partial charge on any atom is 0.349 e. The van der Waals surface area contributed by atoms with Crippen LogP contribution in [0.2, 0.25) is 10.1 Å². The first-order chi connectivity index (χ1) is 16.6. The van der Waals surface area contributed by atoms with Gasteiger partial charge >= 0.3 is 22.9 Å². The predicted molar refractivity (Wildman–Crippen MR) is 145 cm³/mol. The third-order valence-electron chi connectivity index (χ3n) is 6.04. The number of H-pyrrole nitrogens is 1. The average molecular weight is 561 g/mol. The number of nitrogens with one attached hydrogen (secondary N) is 1. The van der Waals surface area contributed by atoms with Gasteiger partial charge in [-0.15, -0.1) is 0 Å². The quantitative estimate of drug-likeness (QED) is 0.390. The zero-order valence-electron chi connectivity index (χ0n) is 24.3. The average Bonchev–Trinajstić information content (AvgIpc) is 3.00. The van der Waals surface area contributed by atoms with E-state index in [9.17, 15) is 9.59 Å². The molecule has 3 rings (SSSR count). The molecular formula is C25H45N2O8PSi. The van der Waals surface area contributed by atoms with Crippen molar-refractivity contribution in [2.45, 2.75) is 129 Å². The highest BCUT2D eigenvalue weighted by Gasteiger charge is 2.65. The molecule has 0 unspecified atom stereocenters. The van der Waals surface area contributed by atoms with Crippen LogP contribution in [0, 0.1) is 0 Å². The number of rotatable bonds is 5. The number of nitrogens with zero attached hydrogens (tertiary/aromatic N) is 1. The summed E-state index contributed by atoms with van der Waals surface area (Å²) in [5.74, 6) is 0. The molecule has 0 spiro atoms. The van der Waals surface area contributed by atoms with Crippen molar-refractivity contribution < 1.29 is 27.2 Å². The minimum absolute atomic E-state index is 0.262. The third-order valence-corrected chi connectivity index (χ3v) is 13.0. The molecule has 0 amide bonds. The Kier molecular flexibility index (Phi) is 8.48. The number of aromatic amines is 1. The summed E-state index contributed by atoms with van der Waals surface area (Å²) >= 11 is 0. The lowest BCUT2D eigenvalue weighted by molar-refractivity contribution is -0.0809. The van der Waals surface area contributed by atoms with E-state index in [1.807, 2.05) is 41.5 Å². The van der Waals surface area contributed by atoms with Crippen LogP contribution in [-0.2, 0) is 27.2 Å². The Bertz CT molecular complexity index is 1030. The molecule has 2 aliphatic heterocycles. The van der Waals surface area contributed by atoms with Crippen molar-refractivity contribution in [3.8, 4) is 0 Å². The summed E-state index contributed by atoms with van der Waals surface area (Å²) in [4.78, 5) is 26.9. The zero-order valence-corrected chi connectivity index (χ0v) is 26.2. The van der Waals surface area contributed by atoms with Crippen molar-refractivity contribution in [1.82, 2.24) is 9.55 Å². The van der Waals surface area contributed by atoms with Crippen molar-refractivity contribution in [3.63, 3.8) is 0 Å². The first kappa shape index (κ1) is 30.6. The molecule has 0 radical (unpaired) electrons. The Labute approximate surface area is 222 Å². The second-order valence-corrected chi connectivity index (χ2v) is 19.6. The van der Waals surface area contributed by atoms with Crippen LogP contribution in [0.5, 0.6) is 0 Å². The highest BCUT2D eigenvalue weighted by molar-refractivity contribution is 7.41. The second-order valence-electron chi connectivity index (χ2n) is 13.8. The summed E-state index contributed by atoms with van der Waals surface area (Å²) in [6.45, 7) is 24.7. The molecule has 0 bridgehead atoms. The minimum atomic E-state index is -2.89. The van der Waals surface area contributed by atoms with Crippen molar-refractivity contribution in [1.29, 1.82) is 0 Å². The fourth-order valence-electron chi connectivity index (χ4n) is 4.89. The molecule has 37 heavy (non-hydrogen) atoms. The Morgan fingerprint density at radius 1 is 0.946 bits per heavy atom. The van der Waals surface area contributed by atoms with Crippen LogP contribution >= 0.6 is 8.60 Å². The fraction of sp³-hybridized carbons (Fsp3) is 0.840. The molecule has 3 heterocycles. The van der Waals surface area contributed by atoms with Crippen LogP contribution in [0.15, 0.2) is 21.9 Å². The van der Waals surface area contributed by atoms with Crippen LogP contribution in [0.4, 0.5) is 0 Å². The molecule has 1 aromatic heterocycles. The van der Waals surface area contributed by atoms with Crippen molar-refractivity contribution >= 4 is 17.2 Å². The van der Waals surface area contributed by atoms with E-state index < -0.39 is 64.2 Å². The van der Waals surface area contributed by atoms with Crippen molar-refractivity contribution in [2.24, 2.45) is 0 Å². The van der Waals surface area contributed by atoms with Gasteiger partial charge in [-0.1, -0.05) is 41.5 Å². The first-order valence-electron chi connectivity index (χ1n) is 12.8. The van der Waals surface area contributed by atoms with Crippen molar-refractivity contribution in [2.75, 3.05) is 6.61 Å². The van der Waals surface area contributed by atoms with Crippen LogP contribution < -0.4 is 11.2 Å².